The van der Waals surface area contributed by atoms with Crippen molar-refractivity contribution in [2.75, 3.05) is 49.6 Å². The van der Waals surface area contributed by atoms with E-state index in [4.69, 9.17) is 14.2 Å². The third-order valence-corrected chi connectivity index (χ3v) is 4.72. The van der Waals surface area contributed by atoms with E-state index in [9.17, 15) is 0 Å². The number of likely N-dealkylation sites (tertiary alicyclic amines) is 1. The van der Waals surface area contributed by atoms with Crippen molar-refractivity contribution in [2.45, 2.75) is 32.4 Å². The second kappa shape index (κ2) is 7.96. The van der Waals surface area contributed by atoms with Gasteiger partial charge in [-0.2, -0.15) is 9.97 Å². The summed E-state index contributed by atoms with van der Waals surface area (Å²) in [6.45, 7) is 7.65. The van der Waals surface area contributed by atoms with Crippen LogP contribution >= 0.6 is 0 Å². The monoisotopic (exact) mass is 359 g/mol. The molecular formula is C17H25N7O2. The van der Waals surface area contributed by atoms with E-state index in [1.54, 1.807) is 0 Å². The first-order valence-electron chi connectivity index (χ1n) is 9.20. The number of nitrogens with one attached hydrogen (secondary N) is 1. The van der Waals surface area contributed by atoms with Crippen molar-refractivity contribution in [1.82, 2.24) is 25.0 Å². The Hall–Kier alpha value is -2.26. The Morgan fingerprint density at radius 1 is 1.23 bits per heavy atom. The zero-order valence-corrected chi connectivity index (χ0v) is 15.1. The number of aromatic nitrogens is 4. The summed E-state index contributed by atoms with van der Waals surface area (Å²) in [5, 5.41) is 7.43. The number of hydrogen-bond donors (Lipinski definition) is 1. The lowest BCUT2D eigenvalue weighted by atomic mass is 10.1. The van der Waals surface area contributed by atoms with E-state index in [1.165, 1.54) is 0 Å². The molecule has 2 fully saturated rings. The fourth-order valence-corrected chi connectivity index (χ4v) is 3.47. The molecule has 2 aromatic rings. The SMILES string of the molecule is Cc1noc(CN2CCCC(Nc3ccnc(N4CCOCC4)n3)C2)n1. The van der Waals surface area contributed by atoms with Crippen LogP contribution in [0.4, 0.5) is 11.8 Å². The van der Waals surface area contributed by atoms with Crippen LogP contribution in [-0.2, 0) is 11.3 Å². The third-order valence-electron chi connectivity index (χ3n) is 4.72. The summed E-state index contributed by atoms with van der Waals surface area (Å²) >= 11 is 0. The molecule has 1 N–H and O–H groups in total. The molecule has 4 heterocycles. The van der Waals surface area contributed by atoms with Crippen molar-refractivity contribution in [1.29, 1.82) is 0 Å². The van der Waals surface area contributed by atoms with Crippen LogP contribution in [0.25, 0.3) is 0 Å². The summed E-state index contributed by atoms with van der Waals surface area (Å²) in [5.41, 5.74) is 0. The maximum Gasteiger partial charge on any atom is 0.240 e. The van der Waals surface area contributed by atoms with E-state index in [0.717, 1.165) is 64.0 Å². The Kier molecular flexibility index (Phi) is 5.26. The highest BCUT2D eigenvalue weighted by molar-refractivity contribution is 5.42. The van der Waals surface area contributed by atoms with E-state index in [-0.39, 0.29) is 0 Å². The molecule has 0 spiro atoms. The first kappa shape index (κ1) is 17.2. The number of rotatable bonds is 5. The number of morpholine rings is 1. The van der Waals surface area contributed by atoms with E-state index in [2.05, 4.69) is 30.2 Å². The van der Waals surface area contributed by atoms with Gasteiger partial charge in [0.25, 0.3) is 0 Å². The van der Waals surface area contributed by atoms with Gasteiger partial charge < -0.3 is 19.5 Å². The average Bonchev–Trinajstić information content (AvgIpc) is 3.08. The number of aryl methyl sites for hydroxylation is 1. The van der Waals surface area contributed by atoms with Crippen LogP contribution in [0.1, 0.15) is 24.6 Å². The number of piperidine rings is 1. The first-order valence-corrected chi connectivity index (χ1v) is 9.20. The fraction of sp³-hybridized carbons (Fsp3) is 0.647. The van der Waals surface area contributed by atoms with Gasteiger partial charge in [0, 0.05) is 31.9 Å². The summed E-state index contributed by atoms with van der Waals surface area (Å²) in [4.78, 5) is 17.9. The lowest BCUT2D eigenvalue weighted by Crippen LogP contribution is -2.42. The highest BCUT2D eigenvalue weighted by Crippen LogP contribution is 2.18. The third kappa shape index (κ3) is 4.28. The molecule has 2 aliphatic heterocycles. The van der Waals surface area contributed by atoms with Gasteiger partial charge in [-0.15, -0.1) is 0 Å². The second-order valence-electron chi connectivity index (χ2n) is 6.80. The molecule has 0 radical (unpaired) electrons. The molecule has 2 aliphatic rings. The molecule has 140 valence electrons. The van der Waals surface area contributed by atoms with Crippen molar-refractivity contribution < 1.29 is 9.26 Å². The summed E-state index contributed by atoms with van der Waals surface area (Å²) in [5.74, 6) is 3.01. The number of anilines is 2. The largest absolute Gasteiger partial charge is 0.378 e. The standard InChI is InChI=1S/C17H25N7O2/c1-13-19-16(26-22-13)12-23-6-2-3-14(11-23)20-15-4-5-18-17(21-15)24-7-9-25-10-8-24/h4-5,14H,2-3,6-12H2,1H3,(H,18,20,21). The minimum Gasteiger partial charge on any atom is -0.378 e. The van der Waals surface area contributed by atoms with Crippen LogP contribution in [0.15, 0.2) is 16.8 Å². The highest BCUT2D eigenvalue weighted by atomic mass is 16.5. The number of hydrogen-bond acceptors (Lipinski definition) is 9. The molecule has 0 bridgehead atoms. The lowest BCUT2D eigenvalue weighted by molar-refractivity contribution is 0.122. The summed E-state index contributed by atoms with van der Waals surface area (Å²) in [6.07, 6.45) is 4.07. The zero-order chi connectivity index (χ0) is 17.8. The average molecular weight is 359 g/mol. The van der Waals surface area contributed by atoms with E-state index in [0.29, 0.717) is 24.3 Å². The zero-order valence-electron chi connectivity index (χ0n) is 15.1. The number of ether oxygens (including phenoxy) is 1. The quantitative estimate of drug-likeness (QED) is 0.842. The van der Waals surface area contributed by atoms with Gasteiger partial charge in [-0.05, 0) is 32.4 Å². The van der Waals surface area contributed by atoms with Crippen LogP contribution in [0, 0.1) is 6.92 Å². The molecule has 0 aliphatic carbocycles. The molecule has 0 aromatic carbocycles. The van der Waals surface area contributed by atoms with Crippen LogP contribution in [0.3, 0.4) is 0 Å². The predicted molar refractivity (Wildman–Crippen MR) is 96.0 cm³/mol. The van der Waals surface area contributed by atoms with Gasteiger partial charge in [-0.3, -0.25) is 4.90 Å². The van der Waals surface area contributed by atoms with Crippen molar-refractivity contribution >= 4 is 11.8 Å². The highest BCUT2D eigenvalue weighted by Gasteiger charge is 2.22. The van der Waals surface area contributed by atoms with Crippen molar-refractivity contribution in [3.63, 3.8) is 0 Å². The Morgan fingerprint density at radius 2 is 2.12 bits per heavy atom. The van der Waals surface area contributed by atoms with Gasteiger partial charge in [0.15, 0.2) is 5.82 Å². The smallest absolute Gasteiger partial charge is 0.240 e. The molecule has 0 amide bonds. The summed E-state index contributed by atoms with van der Waals surface area (Å²) in [6, 6.07) is 2.28. The van der Waals surface area contributed by atoms with Gasteiger partial charge in [0.2, 0.25) is 11.8 Å². The predicted octanol–water partition coefficient (Wildman–Crippen LogP) is 1.08. The Bertz CT molecular complexity index is 717. The van der Waals surface area contributed by atoms with Crippen molar-refractivity contribution in [3.05, 3.63) is 24.0 Å². The van der Waals surface area contributed by atoms with Gasteiger partial charge in [-0.25, -0.2) is 4.98 Å². The van der Waals surface area contributed by atoms with Crippen LogP contribution in [-0.4, -0.2) is 70.4 Å². The minimum absolute atomic E-state index is 0.347. The first-order chi connectivity index (χ1) is 12.8. The van der Waals surface area contributed by atoms with Crippen molar-refractivity contribution in [3.8, 4) is 0 Å². The maximum absolute atomic E-state index is 5.40. The molecule has 9 heteroatoms. The summed E-state index contributed by atoms with van der Waals surface area (Å²) in [7, 11) is 0. The van der Waals surface area contributed by atoms with Crippen LogP contribution < -0.4 is 10.2 Å². The molecule has 26 heavy (non-hydrogen) atoms. The molecule has 2 aromatic heterocycles. The van der Waals surface area contributed by atoms with E-state index >= 15 is 0 Å². The normalized spacial score (nSPS) is 21.7. The minimum atomic E-state index is 0.347. The van der Waals surface area contributed by atoms with Crippen molar-refractivity contribution in [2.24, 2.45) is 0 Å². The summed E-state index contributed by atoms with van der Waals surface area (Å²) < 4.78 is 10.6. The lowest BCUT2D eigenvalue weighted by Gasteiger charge is -2.32. The molecular weight excluding hydrogens is 334 g/mol. The van der Waals surface area contributed by atoms with E-state index < -0.39 is 0 Å². The van der Waals surface area contributed by atoms with Gasteiger partial charge in [0.1, 0.15) is 5.82 Å². The van der Waals surface area contributed by atoms with Gasteiger partial charge in [0.05, 0.1) is 19.8 Å². The Balaban J connectivity index is 1.35. The molecule has 2 saturated heterocycles. The fourth-order valence-electron chi connectivity index (χ4n) is 3.47. The topological polar surface area (TPSA) is 92.4 Å². The maximum atomic E-state index is 5.40. The Labute approximate surface area is 152 Å². The Morgan fingerprint density at radius 3 is 2.92 bits per heavy atom. The molecule has 1 atom stereocenters. The van der Waals surface area contributed by atoms with E-state index in [1.807, 2.05) is 19.2 Å². The second-order valence-corrected chi connectivity index (χ2v) is 6.80. The van der Waals surface area contributed by atoms with Gasteiger partial charge >= 0.3 is 0 Å². The van der Waals surface area contributed by atoms with Crippen LogP contribution in [0.5, 0.6) is 0 Å². The molecule has 0 saturated carbocycles. The number of nitrogens with zero attached hydrogens (tertiary/aromatic N) is 6. The molecule has 1 unspecified atom stereocenters. The molecule has 9 nitrogen and oxygen atoms in total. The molecule has 4 rings (SSSR count). The van der Waals surface area contributed by atoms with Crippen LogP contribution in [0.2, 0.25) is 0 Å². The van der Waals surface area contributed by atoms with Gasteiger partial charge in [-0.1, -0.05) is 5.16 Å².